The molecule has 1 amide bonds. The maximum Gasteiger partial charge on any atom is 0.357 e. The number of amides is 1. The number of nitrogens with one attached hydrogen (secondary N) is 2. The van der Waals surface area contributed by atoms with Crippen molar-refractivity contribution in [3.8, 4) is 16.5 Å². The molecular formula is C35H36N4O7S. The molecule has 4 bridgehead atoms. The Balaban J connectivity index is 1.48. The number of hydrogen-bond donors (Lipinski definition) is 3. The van der Waals surface area contributed by atoms with E-state index in [9.17, 15) is 19.5 Å². The second-order valence-corrected chi connectivity index (χ2v) is 13.9. The lowest BCUT2D eigenvalue weighted by Gasteiger charge is -2.28. The highest BCUT2D eigenvalue weighted by Gasteiger charge is 2.61. The number of carbonyl (C=O) groups is 3. The number of hydrogen-bond acceptors (Lipinski definition) is 11. The minimum absolute atomic E-state index is 0.126. The first-order chi connectivity index (χ1) is 22.5. The summed E-state index contributed by atoms with van der Waals surface area (Å²) >= 11 is 1.24. The van der Waals surface area contributed by atoms with E-state index in [1.54, 1.807) is 19.2 Å². The number of anilines is 1. The molecule has 1 spiro atoms. The summed E-state index contributed by atoms with van der Waals surface area (Å²) in [5, 5.41) is 19.3. The quantitative estimate of drug-likeness (QED) is 0.231. The third kappa shape index (κ3) is 4.92. The van der Waals surface area contributed by atoms with Crippen molar-refractivity contribution in [1.82, 2.24) is 15.3 Å². The minimum atomic E-state index is -1.17. The van der Waals surface area contributed by atoms with Crippen LogP contribution < -0.4 is 15.4 Å². The lowest BCUT2D eigenvalue weighted by molar-refractivity contribution is -0.135. The van der Waals surface area contributed by atoms with Crippen molar-refractivity contribution in [2.24, 2.45) is 17.8 Å². The molecule has 12 heteroatoms. The maximum atomic E-state index is 14.0. The van der Waals surface area contributed by atoms with Crippen molar-refractivity contribution in [1.29, 1.82) is 0 Å². The number of benzene rings is 2. The van der Waals surface area contributed by atoms with Crippen LogP contribution in [0.5, 0.6) is 5.75 Å². The molecule has 244 valence electrons. The number of aliphatic hydroxyl groups is 1. The van der Waals surface area contributed by atoms with Gasteiger partial charge in [0.1, 0.15) is 34.0 Å². The van der Waals surface area contributed by atoms with Gasteiger partial charge in [0, 0.05) is 29.0 Å². The Hall–Kier alpha value is -4.55. The van der Waals surface area contributed by atoms with Crippen molar-refractivity contribution < 1.29 is 33.4 Å². The summed E-state index contributed by atoms with van der Waals surface area (Å²) in [4.78, 5) is 49.2. The van der Waals surface area contributed by atoms with Crippen molar-refractivity contribution in [2.45, 2.75) is 64.3 Å². The topological polar surface area (TPSA) is 153 Å². The van der Waals surface area contributed by atoms with Gasteiger partial charge in [-0.3, -0.25) is 9.59 Å². The van der Waals surface area contributed by atoms with E-state index in [0.29, 0.717) is 22.2 Å². The summed E-state index contributed by atoms with van der Waals surface area (Å²) in [7, 11) is 1.30. The lowest BCUT2D eigenvalue weighted by Crippen LogP contribution is -2.41. The number of carbonyl (C=O) groups excluding carboxylic acids is 3. The van der Waals surface area contributed by atoms with E-state index in [1.165, 1.54) is 18.4 Å². The molecule has 0 saturated heterocycles. The van der Waals surface area contributed by atoms with Crippen molar-refractivity contribution in [3.63, 3.8) is 0 Å². The number of methoxy groups -OCH3 is 1. The van der Waals surface area contributed by atoms with E-state index in [-0.39, 0.29) is 48.0 Å². The van der Waals surface area contributed by atoms with Gasteiger partial charge in [-0.15, -0.1) is 11.3 Å². The van der Waals surface area contributed by atoms with Crippen LogP contribution in [0.1, 0.15) is 79.0 Å². The number of para-hydroxylation sites is 1. The highest BCUT2D eigenvalue weighted by molar-refractivity contribution is 7.13. The molecule has 2 aromatic heterocycles. The van der Waals surface area contributed by atoms with Crippen LogP contribution in [0.25, 0.3) is 10.7 Å². The molecule has 7 rings (SSSR count). The lowest BCUT2D eigenvalue weighted by atomic mass is 9.72. The van der Waals surface area contributed by atoms with Crippen LogP contribution in [0.15, 0.2) is 52.3 Å². The average molecular weight is 657 g/mol. The summed E-state index contributed by atoms with van der Waals surface area (Å²) in [6.07, 6.45) is -1.63. The molecule has 0 radical (unpaired) electrons. The number of aliphatic hydroxyl groups excluding tert-OH is 1. The molecule has 0 fully saturated rings. The number of fused-ring (bicyclic) bond motifs is 4. The number of aromatic nitrogens is 2. The number of ether oxygens (including phenoxy) is 2. The van der Waals surface area contributed by atoms with Crippen LogP contribution in [0.2, 0.25) is 0 Å². The second kappa shape index (κ2) is 11.6. The zero-order valence-electron chi connectivity index (χ0n) is 26.7. The van der Waals surface area contributed by atoms with Gasteiger partial charge in [-0.05, 0) is 41.5 Å². The molecule has 5 atom stereocenters. The minimum Gasteiger partial charge on any atom is -0.469 e. The summed E-state index contributed by atoms with van der Waals surface area (Å²) in [6.45, 7) is 7.45. The fourth-order valence-electron chi connectivity index (χ4n) is 6.88. The zero-order valence-corrected chi connectivity index (χ0v) is 27.5. The van der Waals surface area contributed by atoms with Gasteiger partial charge in [0.15, 0.2) is 23.5 Å². The largest absolute Gasteiger partial charge is 0.469 e. The van der Waals surface area contributed by atoms with Gasteiger partial charge < -0.3 is 29.6 Å². The first kappa shape index (κ1) is 31.1. The van der Waals surface area contributed by atoms with E-state index in [1.807, 2.05) is 56.3 Å². The SMILES string of the molecule is COC(=O)c1csc(-c2nc3oc2C24c5ccccc5N[C@H]2Oc2ccc(cc24)CC(CC(=O)[C@@H](O)C(C)C)C(=O)N[C@H]3C(C)C)n1. The van der Waals surface area contributed by atoms with E-state index in [2.05, 4.69) is 15.6 Å². The van der Waals surface area contributed by atoms with Crippen LogP contribution in [-0.2, 0) is 26.2 Å². The van der Waals surface area contributed by atoms with Crippen LogP contribution in [0.3, 0.4) is 0 Å². The Bertz CT molecular complexity index is 1900. The molecule has 3 aliphatic heterocycles. The first-order valence-corrected chi connectivity index (χ1v) is 16.6. The van der Waals surface area contributed by atoms with Gasteiger partial charge in [-0.2, -0.15) is 0 Å². The normalized spacial score (nSPS) is 23.1. The average Bonchev–Trinajstić information content (AvgIpc) is 3.83. The molecule has 5 heterocycles. The van der Waals surface area contributed by atoms with E-state index in [0.717, 1.165) is 22.4 Å². The van der Waals surface area contributed by atoms with Crippen molar-refractivity contribution >= 4 is 34.7 Å². The van der Waals surface area contributed by atoms with Crippen molar-refractivity contribution in [2.75, 3.05) is 12.4 Å². The standard InChI is InChI=1S/C35H36N4O7S/c1-16(2)26-31-39-27(32-36-23(15-47-32)33(43)44-5)29(46-31)35-20-8-6-7-9-22(20)37-34(35)45-25-11-10-18(13-21(25)35)12-19(30(42)38-26)14-24(40)28(41)17(3)4/h6-11,13,15-17,19,26,28,34,37,41H,12,14H2,1-5H3,(H,38,42)/t19?,26-,28-,34-,35?/m0/s1. The van der Waals surface area contributed by atoms with Crippen LogP contribution in [-0.4, -0.2) is 52.2 Å². The predicted octanol–water partition coefficient (Wildman–Crippen LogP) is 5.02. The molecule has 2 unspecified atom stereocenters. The third-order valence-corrected chi connectivity index (χ3v) is 10.2. The Morgan fingerprint density at radius 2 is 1.89 bits per heavy atom. The summed E-state index contributed by atoms with van der Waals surface area (Å²) in [5.74, 6) is -1.09. The molecule has 4 aromatic rings. The van der Waals surface area contributed by atoms with E-state index < -0.39 is 35.7 Å². The van der Waals surface area contributed by atoms with Crippen LogP contribution in [0.4, 0.5) is 5.69 Å². The monoisotopic (exact) mass is 656 g/mol. The smallest absolute Gasteiger partial charge is 0.357 e. The van der Waals surface area contributed by atoms with Gasteiger partial charge in [0.05, 0.1) is 7.11 Å². The predicted molar refractivity (Wildman–Crippen MR) is 173 cm³/mol. The fourth-order valence-corrected chi connectivity index (χ4v) is 7.65. The first-order valence-electron chi connectivity index (χ1n) is 15.8. The summed E-state index contributed by atoms with van der Waals surface area (Å²) in [6, 6.07) is 13.1. The number of oxazole rings is 1. The third-order valence-electron chi connectivity index (χ3n) is 9.34. The van der Waals surface area contributed by atoms with Gasteiger partial charge in [-0.1, -0.05) is 58.0 Å². The Morgan fingerprint density at radius 1 is 1.11 bits per heavy atom. The molecule has 0 aliphatic carbocycles. The van der Waals surface area contributed by atoms with Gasteiger partial charge in [-0.25, -0.2) is 14.8 Å². The number of ketones is 1. The second-order valence-electron chi connectivity index (χ2n) is 13.1. The molecule has 47 heavy (non-hydrogen) atoms. The number of thiazole rings is 1. The van der Waals surface area contributed by atoms with Gasteiger partial charge in [0.25, 0.3) is 0 Å². The van der Waals surface area contributed by atoms with Crippen LogP contribution in [0, 0.1) is 17.8 Å². The highest BCUT2D eigenvalue weighted by Crippen LogP contribution is 2.59. The highest BCUT2D eigenvalue weighted by atomic mass is 32.1. The molecule has 3 aliphatic rings. The number of rotatable bonds is 7. The molecule has 0 saturated carbocycles. The fraction of sp³-hybridized carbons (Fsp3) is 0.400. The van der Waals surface area contributed by atoms with Crippen LogP contribution >= 0.6 is 11.3 Å². The van der Waals surface area contributed by atoms with Gasteiger partial charge >= 0.3 is 5.97 Å². The zero-order chi connectivity index (χ0) is 33.2. The Morgan fingerprint density at radius 3 is 2.64 bits per heavy atom. The maximum absolute atomic E-state index is 14.0. The molecule has 3 N–H and O–H groups in total. The Kier molecular flexibility index (Phi) is 7.67. The van der Waals surface area contributed by atoms with Crippen molar-refractivity contribution in [3.05, 3.63) is 81.9 Å². The summed E-state index contributed by atoms with van der Waals surface area (Å²) in [5.41, 5.74) is 3.01. The summed E-state index contributed by atoms with van der Waals surface area (Å²) < 4.78 is 18.4. The number of Topliss-reactive ketones (excluding diaryl/α,β-unsaturated/α-hetero) is 1. The molecule has 11 nitrogen and oxygen atoms in total. The molecular weight excluding hydrogens is 620 g/mol. The number of esters is 1. The number of nitrogens with zero attached hydrogens (tertiary/aromatic N) is 2. The van der Waals surface area contributed by atoms with E-state index in [4.69, 9.17) is 18.9 Å². The molecule has 2 aromatic carbocycles. The van der Waals surface area contributed by atoms with E-state index >= 15 is 0 Å². The Labute approximate surface area is 275 Å². The van der Waals surface area contributed by atoms with Gasteiger partial charge in [0.2, 0.25) is 11.8 Å².